The Morgan fingerprint density at radius 3 is 2.64 bits per heavy atom. The van der Waals surface area contributed by atoms with Crippen molar-refractivity contribution in [1.82, 2.24) is 4.90 Å². The van der Waals surface area contributed by atoms with Crippen LogP contribution in [0.3, 0.4) is 0 Å². The van der Waals surface area contributed by atoms with E-state index >= 15 is 0 Å². The monoisotopic (exact) mass is 155 g/mol. The fourth-order valence-electron chi connectivity index (χ4n) is 0.700. The van der Waals surface area contributed by atoms with Crippen molar-refractivity contribution in [2.45, 2.75) is 26.4 Å². The molecule has 0 spiro atoms. The molecule has 0 radical (unpaired) electrons. The van der Waals surface area contributed by atoms with E-state index in [0.29, 0.717) is 0 Å². The number of hydrogen-bond donors (Lipinski definition) is 1. The van der Waals surface area contributed by atoms with E-state index in [1.807, 2.05) is 14.0 Å². The van der Waals surface area contributed by atoms with Gasteiger partial charge in [-0.2, -0.15) is 0 Å². The maximum absolute atomic E-state index is 8.96. The molecule has 0 aromatic rings. The molecule has 0 fully saturated rings. The van der Waals surface area contributed by atoms with Crippen LogP contribution in [-0.4, -0.2) is 36.2 Å². The van der Waals surface area contributed by atoms with Gasteiger partial charge in [0.1, 0.15) is 0 Å². The molecule has 0 saturated carbocycles. The molecule has 0 aliphatic heterocycles. The van der Waals surface area contributed by atoms with Gasteiger partial charge in [0.25, 0.3) is 0 Å². The van der Waals surface area contributed by atoms with Crippen LogP contribution in [0.4, 0.5) is 0 Å². The van der Waals surface area contributed by atoms with Crippen LogP contribution in [-0.2, 0) is 0 Å². The summed E-state index contributed by atoms with van der Waals surface area (Å²) in [7, 11) is 2.01. The number of aliphatic hydroxyl groups excluding tert-OH is 1. The average Bonchev–Trinajstić information content (AvgIpc) is 1.97. The third-order valence-corrected chi connectivity index (χ3v) is 1.45. The maximum Gasteiger partial charge on any atom is 0.0598 e. The molecule has 0 rings (SSSR count). The van der Waals surface area contributed by atoms with E-state index in [1.54, 1.807) is 6.92 Å². The van der Waals surface area contributed by atoms with Crippen LogP contribution in [0.5, 0.6) is 0 Å². The highest BCUT2D eigenvalue weighted by Gasteiger charge is 1.98. The standard InChI is InChI=1S/C9H17NO/c1-4-5-7-10(3)8-6-9(2)11/h9,11H,6-8H2,1-3H3. The van der Waals surface area contributed by atoms with E-state index in [9.17, 15) is 0 Å². The Bertz CT molecular complexity index is 143. The molecule has 0 bridgehead atoms. The van der Waals surface area contributed by atoms with Gasteiger partial charge in [0, 0.05) is 6.54 Å². The fourth-order valence-corrected chi connectivity index (χ4v) is 0.700. The van der Waals surface area contributed by atoms with E-state index in [1.165, 1.54) is 0 Å². The first-order chi connectivity index (χ1) is 5.16. The van der Waals surface area contributed by atoms with Crippen LogP contribution >= 0.6 is 0 Å². The van der Waals surface area contributed by atoms with Gasteiger partial charge in [-0.3, -0.25) is 4.90 Å². The molecule has 1 N–H and O–H groups in total. The number of aliphatic hydroxyl groups is 1. The summed E-state index contributed by atoms with van der Waals surface area (Å²) in [4.78, 5) is 2.10. The first-order valence-electron chi connectivity index (χ1n) is 3.93. The zero-order valence-electron chi connectivity index (χ0n) is 7.59. The highest BCUT2D eigenvalue weighted by molar-refractivity contribution is 4.97. The zero-order chi connectivity index (χ0) is 8.69. The molecule has 0 aliphatic carbocycles. The van der Waals surface area contributed by atoms with E-state index < -0.39 is 0 Å². The lowest BCUT2D eigenvalue weighted by molar-refractivity contribution is 0.168. The van der Waals surface area contributed by atoms with E-state index in [4.69, 9.17) is 5.11 Å². The third-order valence-electron chi connectivity index (χ3n) is 1.45. The van der Waals surface area contributed by atoms with Crippen molar-refractivity contribution in [3.05, 3.63) is 0 Å². The van der Waals surface area contributed by atoms with E-state index in [2.05, 4.69) is 16.7 Å². The summed E-state index contributed by atoms with van der Waals surface area (Å²) >= 11 is 0. The number of rotatable bonds is 4. The smallest absolute Gasteiger partial charge is 0.0598 e. The minimum Gasteiger partial charge on any atom is -0.393 e. The predicted molar refractivity (Wildman–Crippen MR) is 47.2 cm³/mol. The van der Waals surface area contributed by atoms with Gasteiger partial charge in [0.15, 0.2) is 0 Å². The zero-order valence-corrected chi connectivity index (χ0v) is 7.59. The summed E-state index contributed by atoms with van der Waals surface area (Å²) in [5, 5.41) is 8.96. The predicted octanol–water partition coefficient (Wildman–Crippen LogP) is 0.712. The van der Waals surface area contributed by atoms with E-state index in [-0.39, 0.29) is 6.10 Å². The summed E-state index contributed by atoms with van der Waals surface area (Å²) < 4.78 is 0. The summed E-state index contributed by atoms with van der Waals surface area (Å²) in [6, 6.07) is 0. The topological polar surface area (TPSA) is 23.5 Å². The Balaban J connectivity index is 3.34. The molecule has 0 aromatic carbocycles. The second-order valence-electron chi connectivity index (χ2n) is 2.80. The van der Waals surface area contributed by atoms with Crippen LogP contribution in [0.2, 0.25) is 0 Å². The minimum absolute atomic E-state index is 0.202. The van der Waals surface area contributed by atoms with Crippen LogP contribution in [0.1, 0.15) is 20.3 Å². The van der Waals surface area contributed by atoms with Crippen LogP contribution in [0, 0.1) is 11.8 Å². The maximum atomic E-state index is 8.96. The molecule has 1 atom stereocenters. The highest BCUT2D eigenvalue weighted by atomic mass is 16.3. The third kappa shape index (κ3) is 7.38. The van der Waals surface area contributed by atoms with Crippen LogP contribution in [0.15, 0.2) is 0 Å². The lowest BCUT2D eigenvalue weighted by Crippen LogP contribution is -2.22. The molecule has 64 valence electrons. The van der Waals surface area contributed by atoms with E-state index in [0.717, 1.165) is 19.5 Å². The minimum atomic E-state index is -0.202. The van der Waals surface area contributed by atoms with Gasteiger partial charge in [-0.05, 0) is 27.3 Å². The highest BCUT2D eigenvalue weighted by Crippen LogP contribution is 1.91. The quantitative estimate of drug-likeness (QED) is 0.604. The van der Waals surface area contributed by atoms with Crippen molar-refractivity contribution in [2.24, 2.45) is 0 Å². The van der Waals surface area contributed by atoms with Gasteiger partial charge >= 0.3 is 0 Å². The second-order valence-corrected chi connectivity index (χ2v) is 2.80. The first-order valence-corrected chi connectivity index (χ1v) is 3.93. The van der Waals surface area contributed by atoms with Crippen LogP contribution < -0.4 is 0 Å². The van der Waals surface area contributed by atoms with Gasteiger partial charge in [-0.15, -0.1) is 5.92 Å². The molecule has 0 saturated heterocycles. The Morgan fingerprint density at radius 2 is 2.18 bits per heavy atom. The summed E-state index contributed by atoms with van der Waals surface area (Å²) in [5.74, 6) is 5.80. The van der Waals surface area contributed by atoms with Crippen molar-refractivity contribution in [3.63, 3.8) is 0 Å². The number of nitrogens with zero attached hydrogens (tertiary/aromatic N) is 1. The van der Waals surface area contributed by atoms with Gasteiger partial charge in [0.05, 0.1) is 12.6 Å². The van der Waals surface area contributed by atoms with Crippen molar-refractivity contribution < 1.29 is 5.11 Å². The van der Waals surface area contributed by atoms with Gasteiger partial charge in [-0.25, -0.2) is 0 Å². The molecule has 11 heavy (non-hydrogen) atoms. The summed E-state index contributed by atoms with van der Waals surface area (Å²) in [6.07, 6.45) is 0.620. The first kappa shape index (κ1) is 10.5. The molecule has 2 heteroatoms. The second kappa shape index (κ2) is 6.21. The molecule has 1 unspecified atom stereocenters. The molecule has 0 aromatic heterocycles. The Morgan fingerprint density at radius 1 is 1.55 bits per heavy atom. The number of hydrogen-bond acceptors (Lipinski definition) is 2. The molecular weight excluding hydrogens is 138 g/mol. The van der Waals surface area contributed by atoms with Gasteiger partial charge in [-0.1, -0.05) is 5.92 Å². The average molecular weight is 155 g/mol. The summed E-state index contributed by atoms with van der Waals surface area (Å²) in [6.45, 7) is 5.34. The molecule has 0 heterocycles. The van der Waals surface area contributed by atoms with Crippen molar-refractivity contribution in [2.75, 3.05) is 20.1 Å². The fraction of sp³-hybridized carbons (Fsp3) is 0.778. The molecule has 0 amide bonds. The Labute approximate surface area is 69.2 Å². The van der Waals surface area contributed by atoms with Crippen molar-refractivity contribution in [3.8, 4) is 11.8 Å². The van der Waals surface area contributed by atoms with Crippen molar-refractivity contribution in [1.29, 1.82) is 0 Å². The lowest BCUT2D eigenvalue weighted by atomic mass is 10.3. The molecule has 0 aliphatic rings. The van der Waals surface area contributed by atoms with Gasteiger partial charge < -0.3 is 5.11 Å². The molecule has 2 nitrogen and oxygen atoms in total. The van der Waals surface area contributed by atoms with Crippen LogP contribution in [0.25, 0.3) is 0 Å². The van der Waals surface area contributed by atoms with Gasteiger partial charge in [0.2, 0.25) is 0 Å². The summed E-state index contributed by atoms with van der Waals surface area (Å²) in [5.41, 5.74) is 0. The molecular formula is C9H17NO. The lowest BCUT2D eigenvalue weighted by Gasteiger charge is -2.13. The Kier molecular flexibility index (Phi) is 5.91. The Hall–Kier alpha value is -0.520. The largest absolute Gasteiger partial charge is 0.393 e. The SMILES string of the molecule is CC#CCN(C)CCC(C)O. The normalized spacial score (nSPS) is 12.5. The van der Waals surface area contributed by atoms with Crippen molar-refractivity contribution >= 4 is 0 Å².